The summed E-state index contributed by atoms with van der Waals surface area (Å²) in [4.78, 5) is 23.6. The maximum atomic E-state index is 12.5. The Kier molecular flexibility index (Phi) is 5.51. The molecular weight excluding hydrogens is 364 g/mol. The number of furan rings is 1. The molecule has 0 aliphatic heterocycles. The van der Waals surface area contributed by atoms with Crippen LogP contribution in [0.2, 0.25) is 0 Å². The van der Waals surface area contributed by atoms with Crippen molar-refractivity contribution in [2.45, 2.75) is 25.7 Å². The molecule has 6 nitrogen and oxygen atoms in total. The van der Waals surface area contributed by atoms with Crippen LogP contribution in [0.15, 0.2) is 45.7 Å². The summed E-state index contributed by atoms with van der Waals surface area (Å²) in [7, 11) is 0. The van der Waals surface area contributed by atoms with Crippen molar-refractivity contribution < 1.29 is 14.1 Å². The molecule has 0 saturated carbocycles. The van der Waals surface area contributed by atoms with Crippen molar-refractivity contribution >= 4 is 34.3 Å². The van der Waals surface area contributed by atoms with Gasteiger partial charge in [-0.25, -0.2) is 0 Å². The number of nitro benzene ring substituents is 1. The van der Waals surface area contributed by atoms with Crippen LogP contribution in [0.5, 0.6) is 0 Å². The molecule has 27 heavy (non-hydrogen) atoms. The Bertz CT molecular complexity index is 1010. The van der Waals surface area contributed by atoms with Gasteiger partial charge in [0.15, 0.2) is 5.76 Å². The normalized spacial score (nSPS) is 10.9. The molecule has 0 radical (unpaired) electrons. The number of nitrogens with one attached hydrogen (secondary N) is 1. The van der Waals surface area contributed by atoms with Crippen LogP contribution in [0.25, 0.3) is 11.0 Å². The molecule has 2 aromatic carbocycles. The van der Waals surface area contributed by atoms with Crippen LogP contribution in [-0.4, -0.2) is 23.1 Å². The van der Waals surface area contributed by atoms with Gasteiger partial charge in [0.25, 0.3) is 11.6 Å². The minimum absolute atomic E-state index is 0.0681. The molecule has 0 unspecified atom stereocenters. The maximum Gasteiger partial charge on any atom is 0.287 e. The number of fused-ring (bicyclic) bond motifs is 1. The van der Waals surface area contributed by atoms with Crippen LogP contribution in [0.1, 0.15) is 27.2 Å². The number of nitro groups is 1. The number of nitrogens with zero attached hydrogens (tertiary/aromatic N) is 1. The third-order valence-electron chi connectivity index (χ3n) is 4.28. The predicted octanol–water partition coefficient (Wildman–Crippen LogP) is 4.79. The minimum atomic E-state index is -0.423. The van der Waals surface area contributed by atoms with Crippen molar-refractivity contribution in [2.24, 2.45) is 0 Å². The van der Waals surface area contributed by atoms with Gasteiger partial charge in [0.05, 0.1) is 4.92 Å². The third-order valence-corrected chi connectivity index (χ3v) is 5.29. The van der Waals surface area contributed by atoms with Crippen molar-refractivity contribution in [3.05, 3.63) is 69.0 Å². The summed E-state index contributed by atoms with van der Waals surface area (Å²) in [5.41, 5.74) is 3.82. The molecule has 1 amide bonds. The van der Waals surface area contributed by atoms with Crippen molar-refractivity contribution in [1.29, 1.82) is 0 Å². The van der Waals surface area contributed by atoms with Gasteiger partial charge in [-0.1, -0.05) is 6.07 Å². The summed E-state index contributed by atoms with van der Waals surface area (Å²) in [6, 6.07) is 10.4. The van der Waals surface area contributed by atoms with Crippen molar-refractivity contribution in [3.8, 4) is 0 Å². The Morgan fingerprint density at radius 3 is 2.56 bits per heavy atom. The number of carbonyl (C=O) groups excluding carboxylic acids is 1. The summed E-state index contributed by atoms with van der Waals surface area (Å²) >= 11 is 1.52. The molecule has 7 heteroatoms. The van der Waals surface area contributed by atoms with E-state index in [0.29, 0.717) is 18.1 Å². The van der Waals surface area contributed by atoms with Crippen LogP contribution in [0.4, 0.5) is 5.69 Å². The van der Waals surface area contributed by atoms with Crippen LogP contribution in [0.3, 0.4) is 0 Å². The van der Waals surface area contributed by atoms with Gasteiger partial charge in [0.1, 0.15) is 5.58 Å². The van der Waals surface area contributed by atoms with Crippen LogP contribution in [0, 0.1) is 30.9 Å². The first kappa shape index (κ1) is 19.0. The van der Waals surface area contributed by atoms with Crippen molar-refractivity contribution in [2.75, 3.05) is 12.3 Å². The van der Waals surface area contributed by atoms with Gasteiger partial charge >= 0.3 is 0 Å². The van der Waals surface area contributed by atoms with Gasteiger partial charge in [-0.3, -0.25) is 14.9 Å². The van der Waals surface area contributed by atoms with E-state index in [9.17, 15) is 14.9 Å². The molecule has 0 saturated heterocycles. The second-order valence-corrected chi connectivity index (χ2v) is 7.54. The SMILES string of the molecule is Cc1cc(C)c2oc(C(=O)NCCSc3ccc([N+](=O)[O-])cc3)c(C)c2c1. The lowest BCUT2D eigenvalue weighted by atomic mass is 10.1. The third kappa shape index (κ3) is 4.14. The van der Waals surface area contributed by atoms with E-state index in [0.717, 1.165) is 32.6 Å². The summed E-state index contributed by atoms with van der Waals surface area (Å²) in [5, 5.41) is 14.5. The second-order valence-electron chi connectivity index (χ2n) is 6.37. The Morgan fingerprint density at radius 1 is 1.19 bits per heavy atom. The first-order valence-corrected chi connectivity index (χ1v) is 9.51. The Hall–Kier alpha value is -2.80. The topological polar surface area (TPSA) is 85.4 Å². The molecule has 0 atom stereocenters. The number of aryl methyl sites for hydroxylation is 3. The van der Waals surface area contributed by atoms with Crippen molar-refractivity contribution in [3.63, 3.8) is 0 Å². The van der Waals surface area contributed by atoms with Gasteiger partial charge in [-0.15, -0.1) is 11.8 Å². The average molecular weight is 384 g/mol. The summed E-state index contributed by atoms with van der Waals surface area (Å²) in [6.07, 6.45) is 0. The number of carbonyl (C=O) groups is 1. The monoisotopic (exact) mass is 384 g/mol. The number of amides is 1. The molecule has 1 heterocycles. The molecule has 1 N–H and O–H groups in total. The molecule has 140 valence electrons. The average Bonchev–Trinajstić information content (AvgIpc) is 2.96. The number of hydrogen-bond donors (Lipinski definition) is 1. The molecule has 3 aromatic rings. The van der Waals surface area contributed by atoms with Crippen LogP contribution >= 0.6 is 11.8 Å². The lowest BCUT2D eigenvalue weighted by Gasteiger charge is -2.04. The number of rotatable bonds is 6. The zero-order valence-corrected chi connectivity index (χ0v) is 16.2. The first-order valence-electron chi connectivity index (χ1n) is 8.52. The zero-order valence-electron chi connectivity index (χ0n) is 15.4. The van der Waals surface area contributed by atoms with Gasteiger partial charge in [0, 0.05) is 40.3 Å². The highest BCUT2D eigenvalue weighted by Crippen LogP contribution is 2.29. The van der Waals surface area contributed by atoms with Crippen LogP contribution < -0.4 is 5.32 Å². The highest BCUT2D eigenvalue weighted by Gasteiger charge is 2.18. The van der Waals surface area contributed by atoms with Gasteiger partial charge < -0.3 is 9.73 Å². The molecular formula is C20H20N2O4S. The van der Waals surface area contributed by atoms with Gasteiger partial charge in [0.2, 0.25) is 0 Å². The lowest BCUT2D eigenvalue weighted by molar-refractivity contribution is -0.384. The minimum Gasteiger partial charge on any atom is -0.450 e. The molecule has 0 aliphatic carbocycles. The first-order chi connectivity index (χ1) is 12.9. The Morgan fingerprint density at radius 2 is 1.89 bits per heavy atom. The lowest BCUT2D eigenvalue weighted by Crippen LogP contribution is -2.25. The number of non-ortho nitro benzene ring substituents is 1. The van der Waals surface area contributed by atoms with E-state index in [-0.39, 0.29) is 11.6 Å². The van der Waals surface area contributed by atoms with E-state index < -0.39 is 4.92 Å². The molecule has 3 rings (SSSR count). The standard InChI is InChI=1S/C20H20N2O4S/c1-12-10-13(2)18-17(11-12)14(3)19(26-18)20(23)21-8-9-27-16-6-4-15(5-7-16)22(24)25/h4-7,10-11H,8-9H2,1-3H3,(H,21,23). The van der Waals surface area contributed by atoms with E-state index in [1.807, 2.05) is 32.9 Å². The molecule has 0 bridgehead atoms. The summed E-state index contributed by atoms with van der Waals surface area (Å²) < 4.78 is 5.81. The smallest absolute Gasteiger partial charge is 0.287 e. The molecule has 1 aromatic heterocycles. The number of hydrogen-bond acceptors (Lipinski definition) is 5. The fourth-order valence-corrected chi connectivity index (χ4v) is 3.73. The van der Waals surface area contributed by atoms with Gasteiger partial charge in [-0.05, 0) is 50.1 Å². The molecule has 0 spiro atoms. The van der Waals surface area contributed by atoms with Crippen LogP contribution in [-0.2, 0) is 0 Å². The number of thioether (sulfide) groups is 1. The Labute approximate surface area is 161 Å². The van der Waals surface area contributed by atoms with E-state index in [2.05, 4.69) is 5.32 Å². The Balaban J connectivity index is 1.59. The van der Waals surface area contributed by atoms with Crippen molar-refractivity contribution in [1.82, 2.24) is 5.32 Å². The summed E-state index contributed by atoms with van der Waals surface area (Å²) in [6.45, 7) is 6.36. The highest BCUT2D eigenvalue weighted by molar-refractivity contribution is 7.99. The maximum absolute atomic E-state index is 12.5. The summed E-state index contributed by atoms with van der Waals surface area (Å²) in [5.74, 6) is 0.769. The van der Waals surface area contributed by atoms with E-state index in [4.69, 9.17) is 4.42 Å². The zero-order chi connectivity index (χ0) is 19.6. The quantitative estimate of drug-likeness (QED) is 0.286. The highest BCUT2D eigenvalue weighted by atomic mass is 32.2. The van der Waals surface area contributed by atoms with Gasteiger partial charge in [-0.2, -0.15) is 0 Å². The van der Waals surface area contributed by atoms with E-state index in [1.54, 1.807) is 12.1 Å². The largest absolute Gasteiger partial charge is 0.450 e. The fraction of sp³-hybridized carbons (Fsp3) is 0.250. The predicted molar refractivity (Wildman–Crippen MR) is 107 cm³/mol. The van der Waals surface area contributed by atoms with E-state index in [1.165, 1.54) is 23.9 Å². The number of benzene rings is 2. The second kappa shape index (κ2) is 7.84. The fourth-order valence-electron chi connectivity index (χ4n) is 2.96. The molecule has 0 aliphatic rings. The van der Waals surface area contributed by atoms with E-state index >= 15 is 0 Å². The molecule has 0 fully saturated rings.